The van der Waals surface area contributed by atoms with Crippen molar-refractivity contribution in [2.75, 3.05) is 6.61 Å². The van der Waals surface area contributed by atoms with Gasteiger partial charge in [-0.05, 0) is 25.1 Å². The molecule has 2 heterocycles. The van der Waals surface area contributed by atoms with Crippen molar-refractivity contribution in [1.82, 2.24) is 15.0 Å². The first-order valence-corrected chi connectivity index (χ1v) is 7.30. The molecule has 0 atom stereocenters. The highest BCUT2D eigenvalue weighted by molar-refractivity contribution is 6.11. The molecule has 4 nitrogen and oxygen atoms in total. The van der Waals surface area contributed by atoms with Gasteiger partial charge in [-0.15, -0.1) is 0 Å². The molecule has 0 saturated carbocycles. The van der Waals surface area contributed by atoms with Gasteiger partial charge in [-0.1, -0.05) is 18.2 Å². The molecule has 0 aliphatic rings. The lowest BCUT2D eigenvalue weighted by molar-refractivity contribution is 0.341. The fourth-order valence-corrected chi connectivity index (χ4v) is 2.86. The summed E-state index contributed by atoms with van der Waals surface area (Å²) in [6.45, 7) is 2.63. The van der Waals surface area contributed by atoms with Gasteiger partial charge in [-0.2, -0.15) is 0 Å². The fourth-order valence-electron chi connectivity index (χ4n) is 2.86. The van der Waals surface area contributed by atoms with Crippen molar-refractivity contribution in [1.29, 1.82) is 0 Å². The Morgan fingerprint density at radius 2 is 2.00 bits per heavy atom. The van der Waals surface area contributed by atoms with Gasteiger partial charge in [0.1, 0.15) is 5.75 Å². The Balaban J connectivity index is 2.07. The summed E-state index contributed by atoms with van der Waals surface area (Å²) in [5.41, 5.74) is 4.14. The number of para-hydroxylation sites is 1. The van der Waals surface area contributed by atoms with Gasteiger partial charge < -0.3 is 9.72 Å². The third kappa shape index (κ3) is 1.92. The first-order valence-electron chi connectivity index (χ1n) is 7.30. The van der Waals surface area contributed by atoms with Gasteiger partial charge in [-0.3, -0.25) is 4.98 Å². The average molecular weight is 289 g/mol. The fraction of sp³-hybridized carbons (Fsp3) is 0.111. The summed E-state index contributed by atoms with van der Waals surface area (Å²) in [5.74, 6) is 0.878. The number of nitrogens with zero attached hydrogens (tertiary/aromatic N) is 2. The number of rotatable bonds is 3. The van der Waals surface area contributed by atoms with Crippen LogP contribution in [0.2, 0.25) is 0 Å². The minimum absolute atomic E-state index is 0.637. The number of ether oxygens (including phenoxy) is 1. The number of benzene rings is 2. The molecule has 22 heavy (non-hydrogen) atoms. The van der Waals surface area contributed by atoms with Crippen LogP contribution in [-0.4, -0.2) is 21.6 Å². The molecule has 0 spiro atoms. The minimum atomic E-state index is 0.637. The van der Waals surface area contributed by atoms with Crippen molar-refractivity contribution >= 4 is 21.8 Å². The van der Waals surface area contributed by atoms with Crippen molar-refractivity contribution < 1.29 is 4.74 Å². The molecule has 4 aromatic rings. The van der Waals surface area contributed by atoms with E-state index in [-0.39, 0.29) is 0 Å². The molecule has 0 fully saturated rings. The molecule has 4 rings (SSSR count). The molecule has 0 amide bonds. The summed E-state index contributed by atoms with van der Waals surface area (Å²) in [7, 11) is 0. The maximum absolute atomic E-state index is 5.78. The Kier molecular flexibility index (Phi) is 3.00. The van der Waals surface area contributed by atoms with Crippen LogP contribution in [0.25, 0.3) is 32.9 Å². The average Bonchev–Trinajstić information content (AvgIpc) is 3.05. The summed E-state index contributed by atoms with van der Waals surface area (Å²) in [6.07, 6.45) is 5.40. The zero-order chi connectivity index (χ0) is 14.9. The summed E-state index contributed by atoms with van der Waals surface area (Å²) >= 11 is 0. The standard InChI is InChI=1S/C18H15N3O/c1-2-22-17-6-4-3-5-12(17)14-9-16-15(10-19-11-21-16)13-7-8-20-18(13)14/h3-11H,2H2,1H3,(H,19,21). The van der Waals surface area contributed by atoms with Crippen molar-refractivity contribution in [3.05, 3.63) is 55.1 Å². The van der Waals surface area contributed by atoms with E-state index in [9.17, 15) is 0 Å². The van der Waals surface area contributed by atoms with Crippen LogP contribution in [0.3, 0.4) is 0 Å². The highest BCUT2D eigenvalue weighted by Crippen LogP contribution is 2.37. The van der Waals surface area contributed by atoms with Crippen molar-refractivity contribution in [2.24, 2.45) is 0 Å². The predicted octanol–water partition coefficient (Wildman–Crippen LogP) is 4.18. The van der Waals surface area contributed by atoms with Gasteiger partial charge in [0.05, 0.1) is 18.5 Å². The molecule has 2 aromatic heterocycles. The highest BCUT2D eigenvalue weighted by Gasteiger charge is 2.13. The lowest BCUT2D eigenvalue weighted by Gasteiger charge is -2.12. The van der Waals surface area contributed by atoms with Crippen LogP contribution in [0.4, 0.5) is 0 Å². The Labute approximate surface area is 127 Å². The largest absolute Gasteiger partial charge is 0.493 e. The zero-order valence-corrected chi connectivity index (χ0v) is 12.2. The van der Waals surface area contributed by atoms with Gasteiger partial charge in [0.15, 0.2) is 0 Å². The summed E-state index contributed by atoms with van der Waals surface area (Å²) in [4.78, 5) is 11.9. The number of aromatic nitrogens is 3. The molecule has 0 unspecified atom stereocenters. The minimum Gasteiger partial charge on any atom is -0.493 e. The van der Waals surface area contributed by atoms with E-state index in [1.54, 1.807) is 6.33 Å². The second-order valence-electron chi connectivity index (χ2n) is 5.07. The third-order valence-corrected chi connectivity index (χ3v) is 3.80. The normalized spacial score (nSPS) is 11.1. The predicted molar refractivity (Wildman–Crippen MR) is 88.0 cm³/mol. The summed E-state index contributed by atoms with van der Waals surface area (Å²) in [6, 6.07) is 12.2. The van der Waals surface area contributed by atoms with E-state index in [4.69, 9.17) is 4.74 Å². The number of nitrogens with one attached hydrogen (secondary N) is 1. The van der Waals surface area contributed by atoms with Crippen LogP contribution in [0.5, 0.6) is 5.75 Å². The smallest absolute Gasteiger partial charge is 0.127 e. The number of fused-ring (bicyclic) bond motifs is 3. The first-order chi connectivity index (χ1) is 10.9. The van der Waals surface area contributed by atoms with Gasteiger partial charge in [0.2, 0.25) is 0 Å². The molecule has 0 aliphatic carbocycles. The van der Waals surface area contributed by atoms with Crippen LogP contribution < -0.4 is 4.74 Å². The van der Waals surface area contributed by atoms with E-state index in [0.717, 1.165) is 38.7 Å². The lowest BCUT2D eigenvalue weighted by atomic mass is 9.99. The Morgan fingerprint density at radius 3 is 2.91 bits per heavy atom. The van der Waals surface area contributed by atoms with E-state index >= 15 is 0 Å². The van der Waals surface area contributed by atoms with E-state index in [1.165, 1.54) is 0 Å². The molecular formula is C18H15N3O. The lowest BCUT2D eigenvalue weighted by Crippen LogP contribution is -1.94. The van der Waals surface area contributed by atoms with Gasteiger partial charge in [-0.25, -0.2) is 4.98 Å². The van der Waals surface area contributed by atoms with Crippen LogP contribution in [-0.2, 0) is 0 Å². The SMILES string of the molecule is CCOc1ccccc1-c1cc2[nH]cncc2c2ccnc12. The number of hydrogen-bond acceptors (Lipinski definition) is 3. The third-order valence-electron chi connectivity index (χ3n) is 3.80. The monoisotopic (exact) mass is 289 g/mol. The van der Waals surface area contributed by atoms with Crippen LogP contribution in [0, 0.1) is 0 Å². The maximum Gasteiger partial charge on any atom is 0.127 e. The number of H-pyrrole nitrogens is 1. The molecule has 4 heteroatoms. The van der Waals surface area contributed by atoms with Crippen molar-refractivity contribution in [3.63, 3.8) is 0 Å². The van der Waals surface area contributed by atoms with Gasteiger partial charge >= 0.3 is 0 Å². The molecule has 0 aliphatic heterocycles. The van der Waals surface area contributed by atoms with Crippen LogP contribution in [0.15, 0.2) is 55.1 Å². The van der Waals surface area contributed by atoms with Crippen LogP contribution in [0.1, 0.15) is 6.92 Å². The first kappa shape index (κ1) is 12.8. The quantitative estimate of drug-likeness (QED) is 0.615. The Morgan fingerprint density at radius 1 is 1.09 bits per heavy atom. The molecule has 2 aromatic carbocycles. The molecule has 108 valence electrons. The number of hydrogen-bond donors (Lipinski definition) is 1. The topological polar surface area (TPSA) is 50.8 Å². The van der Waals surface area contributed by atoms with Crippen molar-refractivity contribution in [2.45, 2.75) is 6.92 Å². The molecule has 0 radical (unpaired) electrons. The summed E-state index contributed by atoms with van der Waals surface area (Å²) in [5, 5.41) is 2.18. The van der Waals surface area contributed by atoms with E-state index < -0.39 is 0 Å². The van der Waals surface area contributed by atoms with E-state index in [1.807, 2.05) is 43.6 Å². The van der Waals surface area contributed by atoms with Crippen molar-refractivity contribution in [3.8, 4) is 16.9 Å². The number of aromatic amines is 1. The van der Waals surface area contributed by atoms with Gasteiger partial charge in [0, 0.05) is 39.8 Å². The van der Waals surface area contributed by atoms with Gasteiger partial charge in [0.25, 0.3) is 0 Å². The van der Waals surface area contributed by atoms with E-state index in [2.05, 4.69) is 27.1 Å². The Bertz CT molecular complexity index is 959. The maximum atomic E-state index is 5.78. The second-order valence-corrected chi connectivity index (χ2v) is 5.07. The molecule has 1 N–H and O–H groups in total. The molecule has 0 bridgehead atoms. The zero-order valence-electron chi connectivity index (χ0n) is 12.2. The summed E-state index contributed by atoms with van der Waals surface area (Å²) < 4.78 is 5.78. The highest BCUT2D eigenvalue weighted by atomic mass is 16.5. The van der Waals surface area contributed by atoms with Crippen LogP contribution >= 0.6 is 0 Å². The van der Waals surface area contributed by atoms with E-state index in [0.29, 0.717) is 6.61 Å². The molecule has 0 saturated heterocycles. The second kappa shape index (κ2) is 5.15. The Hall–Kier alpha value is -2.88. The molecular weight excluding hydrogens is 274 g/mol.